The van der Waals surface area contributed by atoms with E-state index in [0.717, 1.165) is 12.8 Å². The van der Waals surface area contributed by atoms with Crippen LogP contribution in [0.15, 0.2) is 35.2 Å². The number of thioether (sulfide) groups is 1. The zero-order valence-corrected chi connectivity index (χ0v) is 13.9. The predicted molar refractivity (Wildman–Crippen MR) is 87.7 cm³/mol. The first-order valence-electron chi connectivity index (χ1n) is 7.65. The Morgan fingerprint density at radius 3 is 2.52 bits per heavy atom. The van der Waals surface area contributed by atoms with Crippen molar-refractivity contribution < 1.29 is 9.53 Å². The summed E-state index contributed by atoms with van der Waals surface area (Å²) in [4.78, 5) is 13.2. The zero-order chi connectivity index (χ0) is 15.3. The highest BCUT2D eigenvalue weighted by Crippen LogP contribution is 2.33. The Labute approximate surface area is 131 Å². The average Bonchev–Trinajstić information content (AvgIpc) is 2.40. The fourth-order valence-electron chi connectivity index (χ4n) is 2.54. The maximum Gasteiger partial charge on any atom is 0.407 e. The minimum absolute atomic E-state index is 0.193. The van der Waals surface area contributed by atoms with E-state index < -0.39 is 5.60 Å². The summed E-state index contributed by atoms with van der Waals surface area (Å²) in [7, 11) is 0. The molecule has 1 fully saturated rings. The molecule has 0 aliphatic heterocycles. The van der Waals surface area contributed by atoms with Crippen LogP contribution in [0.5, 0.6) is 0 Å². The average molecular weight is 307 g/mol. The van der Waals surface area contributed by atoms with Gasteiger partial charge in [-0.2, -0.15) is 0 Å². The summed E-state index contributed by atoms with van der Waals surface area (Å²) in [6, 6.07) is 10.6. The highest BCUT2D eigenvalue weighted by molar-refractivity contribution is 8.00. The van der Waals surface area contributed by atoms with E-state index in [-0.39, 0.29) is 12.1 Å². The third-order valence-corrected chi connectivity index (χ3v) is 4.85. The van der Waals surface area contributed by atoms with E-state index in [1.165, 1.54) is 17.7 Å². The number of hydrogen-bond acceptors (Lipinski definition) is 3. The van der Waals surface area contributed by atoms with Crippen LogP contribution in [0.2, 0.25) is 0 Å². The molecule has 1 N–H and O–H groups in total. The summed E-state index contributed by atoms with van der Waals surface area (Å²) < 4.78 is 5.38. The van der Waals surface area contributed by atoms with Crippen molar-refractivity contribution in [3.05, 3.63) is 30.3 Å². The van der Waals surface area contributed by atoms with E-state index in [9.17, 15) is 4.79 Å². The fourth-order valence-corrected chi connectivity index (χ4v) is 3.85. The van der Waals surface area contributed by atoms with Crippen LogP contribution in [-0.2, 0) is 4.74 Å². The van der Waals surface area contributed by atoms with Crippen molar-refractivity contribution in [1.29, 1.82) is 0 Å². The second-order valence-corrected chi connectivity index (χ2v) is 7.82. The van der Waals surface area contributed by atoms with Gasteiger partial charge in [-0.25, -0.2) is 4.79 Å². The number of hydrogen-bond donors (Lipinski definition) is 1. The van der Waals surface area contributed by atoms with Gasteiger partial charge >= 0.3 is 6.09 Å². The Balaban J connectivity index is 1.94. The smallest absolute Gasteiger partial charge is 0.407 e. The quantitative estimate of drug-likeness (QED) is 0.886. The van der Waals surface area contributed by atoms with Gasteiger partial charge in [0.2, 0.25) is 0 Å². The highest BCUT2D eigenvalue weighted by atomic mass is 32.2. The number of amides is 1. The molecule has 1 amide bonds. The van der Waals surface area contributed by atoms with Gasteiger partial charge in [-0.15, -0.1) is 11.8 Å². The largest absolute Gasteiger partial charge is 0.444 e. The molecule has 0 saturated heterocycles. The molecule has 2 atom stereocenters. The normalized spacial score (nSPS) is 22.6. The number of carbonyl (C=O) groups excluding carboxylic acids is 1. The van der Waals surface area contributed by atoms with Crippen LogP contribution >= 0.6 is 11.8 Å². The SMILES string of the molecule is CC(C)(C)OC(=O)N[C@@H]1CCCC[C@H]1Sc1ccccc1. The number of benzene rings is 1. The minimum atomic E-state index is -0.444. The fraction of sp³-hybridized carbons (Fsp3) is 0.588. The molecule has 0 radical (unpaired) electrons. The molecule has 3 nitrogen and oxygen atoms in total. The number of carbonyl (C=O) groups is 1. The lowest BCUT2D eigenvalue weighted by atomic mass is 9.95. The number of rotatable bonds is 3. The van der Waals surface area contributed by atoms with Gasteiger partial charge in [0.1, 0.15) is 5.60 Å². The first-order valence-corrected chi connectivity index (χ1v) is 8.53. The molecule has 2 rings (SSSR count). The molecule has 0 aromatic heterocycles. The van der Waals surface area contributed by atoms with E-state index in [1.807, 2.05) is 38.6 Å². The molecule has 0 bridgehead atoms. The third kappa shape index (κ3) is 5.62. The second-order valence-electron chi connectivity index (χ2n) is 6.51. The summed E-state index contributed by atoms with van der Waals surface area (Å²) in [6.45, 7) is 5.68. The summed E-state index contributed by atoms with van der Waals surface area (Å²) in [5, 5.41) is 3.49. The van der Waals surface area contributed by atoms with E-state index in [1.54, 1.807) is 0 Å². The standard InChI is InChI=1S/C17H25NO2S/c1-17(2,3)20-16(19)18-14-11-7-8-12-15(14)21-13-9-5-4-6-10-13/h4-6,9-10,14-15H,7-8,11-12H2,1-3H3,(H,18,19)/t14-,15-/m1/s1. The Morgan fingerprint density at radius 2 is 1.86 bits per heavy atom. The van der Waals surface area contributed by atoms with Crippen molar-refractivity contribution in [1.82, 2.24) is 5.32 Å². The Bertz CT molecular complexity index is 456. The number of alkyl carbamates (subject to hydrolysis) is 1. The summed E-state index contributed by atoms with van der Waals surface area (Å²) in [5.41, 5.74) is -0.444. The summed E-state index contributed by atoms with van der Waals surface area (Å²) in [6.07, 6.45) is 4.28. The molecule has 116 valence electrons. The van der Waals surface area contributed by atoms with Gasteiger partial charge in [0, 0.05) is 16.2 Å². The predicted octanol–water partition coefficient (Wildman–Crippen LogP) is 4.61. The Morgan fingerprint density at radius 1 is 1.19 bits per heavy atom. The monoisotopic (exact) mass is 307 g/mol. The van der Waals surface area contributed by atoms with E-state index in [0.29, 0.717) is 5.25 Å². The molecular formula is C17H25NO2S. The van der Waals surface area contributed by atoms with Crippen LogP contribution in [0.4, 0.5) is 4.79 Å². The molecule has 0 spiro atoms. The summed E-state index contributed by atoms with van der Waals surface area (Å²) in [5.74, 6) is 0. The van der Waals surface area contributed by atoms with Crippen molar-refractivity contribution in [2.75, 3.05) is 0 Å². The first-order chi connectivity index (χ1) is 9.94. The molecule has 1 aromatic rings. The molecule has 21 heavy (non-hydrogen) atoms. The van der Waals surface area contributed by atoms with E-state index in [4.69, 9.17) is 4.74 Å². The van der Waals surface area contributed by atoms with Gasteiger partial charge in [0.25, 0.3) is 0 Å². The van der Waals surface area contributed by atoms with Crippen molar-refractivity contribution in [3.63, 3.8) is 0 Å². The highest BCUT2D eigenvalue weighted by Gasteiger charge is 2.29. The molecule has 1 aromatic carbocycles. The molecule has 4 heteroatoms. The molecular weight excluding hydrogens is 282 g/mol. The topological polar surface area (TPSA) is 38.3 Å². The van der Waals surface area contributed by atoms with Gasteiger partial charge in [0.05, 0.1) is 0 Å². The van der Waals surface area contributed by atoms with E-state index >= 15 is 0 Å². The van der Waals surface area contributed by atoms with Gasteiger partial charge < -0.3 is 10.1 Å². The molecule has 0 heterocycles. The maximum absolute atomic E-state index is 12.0. The van der Waals surface area contributed by atoms with Crippen molar-refractivity contribution >= 4 is 17.9 Å². The first kappa shape index (κ1) is 16.2. The van der Waals surface area contributed by atoms with Crippen LogP contribution in [0, 0.1) is 0 Å². The van der Waals surface area contributed by atoms with Crippen LogP contribution < -0.4 is 5.32 Å². The molecule has 1 aliphatic rings. The van der Waals surface area contributed by atoms with E-state index in [2.05, 4.69) is 29.6 Å². The maximum atomic E-state index is 12.0. The summed E-state index contributed by atoms with van der Waals surface area (Å²) >= 11 is 1.86. The van der Waals surface area contributed by atoms with Crippen LogP contribution in [0.1, 0.15) is 46.5 Å². The molecule has 1 aliphatic carbocycles. The van der Waals surface area contributed by atoms with Crippen molar-refractivity contribution in [2.24, 2.45) is 0 Å². The Hall–Kier alpha value is -1.16. The van der Waals surface area contributed by atoms with Crippen LogP contribution in [0.25, 0.3) is 0 Å². The van der Waals surface area contributed by atoms with Crippen molar-refractivity contribution in [2.45, 2.75) is 68.2 Å². The number of ether oxygens (including phenoxy) is 1. The van der Waals surface area contributed by atoms with Crippen LogP contribution in [-0.4, -0.2) is 23.0 Å². The van der Waals surface area contributed by atoms with Crippen molar-refractivity contribution in [3.8, 4) is 0 Å². The zero-order valence-electron chi connectivity index (χ0n) is 13.1. The Kier molecular flexibility index (Phi) is 5.57. The number of nitrogens with one attached hydrogen (secondary N) is 1. The minimum Gasteiger partial charge on any atom is -0.444 e. The lowest BCUT2D eigenvalue weighted by Gasteiger charge is -2.32. The lowest BCUT2D eigenvalue weighted by molar-refractivity contribution is 0.0495. The van der Waals surface area contributed by atoms with Gasteiger partial charge in [-0.05, 0) is 45.7 Å². The second kappa shape index (κ2) is 7.21. The van der Waals surface area contributed by atoms with Crippen LogP contribution in [0.3, 0.4) is 0 Å². The van der Waals surface area contributed by atoms with Gasteiger partial charge in [-0.1, -0.05) is 31.0 Å². The lowest BCUT2D eigenvalue weighted by Crippen LogP contribution is -2.45. The molecule has 0 unspecified atom stereocenters. The van der Waals surface area contributed by atoms with Gasteiger partial charge in [-0.3, -0.25) is 0 Å². The molecule has 1 saturated carbocycles. The third-order valence-electron chi connectivity index (χ3n) is 3.44. The van der Waals surface area contributed by atoms with Gasteiger partial charge in [0.15, 0.2) is 0 Å².